The largest absolute Gasteiger partial charge is 0.382 e. The van der Waals surface area contributed by atoms with Crippen molar-refractivity contribution in [3.8, 4) is 11.1 Å². The highest BCUT2D eigenvalue weighted by Crippen LogP contribution is 2.39. The number of nitrogen functional groups attached to an aromatic ring is 1. The monoisotopic (exact) mass is 281 g/mol. The molecule has 0 spiro atoms. The van der Waals surface area contributed by atoms with Gasteiger partial charge in [0, 0.05) is 17.2 Å². The Bertz CT molecular complexity index is 572. The Morgan fingerprint density at radius 3 is 2.53 bits per heavy atom. The molecule has 3 nitrogen and oxygen atoms in total. The van der Waals surface area contributed by atoms with Gasteiger partial charge in [-0.1, -0.05) is 38.4 Å². The van der Waals surface area contributed by atoms with E-state index in [4.69, 9.17) is 17.3 Å². The van der Waals surface area contributed by atoms with Crippen LogP contribution in [0.2, 0.25) is 5.02 Å². The van der Waals surface area contributed by atoms with Gasteiger partial charge in [0.2, 0.25) is 0 Å². The van der Waals surface area contributed by atoms with Crippen LogP contribution < -0.4 is 5.73 Å². The van der Waals surface area contributed by atoms with Crippen molar-refractivity contribution >= 4 is 17.4 Å². The average Bonchev–Trinajstić information content (AvgIpc) is 2.70. The van der Waals surface area contributed by atoms with Crippen molar-refractivity contribution in [1.82, 2.24) is 10.2 Å². The molecule has 0 saturated carbocycles. The zero-order chi connectivity index (χ0) is 14.2. The molecular weight excluding hydrogens is 265 g/mol. The highest BCUT2D eigenvalue weighted by atomic mass is 35.5. The number of hydrogen-bond acceptors (Lipinski definition) is 2. The third kappa shape index (κ3) is 2.45. The number of nitrogens with zero attached hydrogens (tertiary/aromatic N) is 1. The first kappa shape index (κ1) is 13.9. The van der Waals surface area contributed by atoms with Gasteiger partial charge in [-0.25, -0.2) is 4.39 Å². The van der Waals surface area contributed by atoms with E-state index < -0.39 is 5.82 Å². The summed E-state index contributed by atoms with van der Waals surface area (Å²) in [5, 5.41) is 7.25. The highest BCUT2D eigenvalue weighted by Gasteiger charge is 2.24. The van der Waals surface area contributed by atoms with E-state index in [-0.39, 0.29) is 11.7 Å². The Kier molecular flexibility index (Phi) is 3.80. The van der Waals surface area contributed by atoms with Gasteiger partial charge in [-0.2, -0.15) is 5.10 Å². The molecule has 1 heterocycles. The van der Waals surface area contributed by atoms with E-state index in [1.807, 2.05) is 0 Å². The van der Waals surface area contributed by atoms with Crippen molar-refractivity contribution in [2.24, 2.45) is 5.92 Å². The maximum Gasteiger partial charge on any atom is 0.153 e. The summed E-state index contributed by atoms with van der Waals surface area (Å²) < 4.78 is 14.1. The minimum atomic E-state index is -0.391. The highest BCUT2D eigenvalue weighted by molar-refractivity contribution is 6.33. The molecule has 0 aliphatic heterocycles. The standard InChI is InChI=1S/C14H17ClFN3/c1-7(2)8(3)13-12(14(17)19-18-13)11-9(15)5-4-6-10(11)16/h4-8H,1-3H3,(H3,17,18,19). The van der Waals surface area contributed by atoms with Crippen LogP contribution >= 0.6 is 11.6 Å². The Hall–Kier alpha value is -1.55. The molecule has 0 saturated heterocycles. The number of nitrogens with two attached hydrogens (primary N) is 1. The second-order valence-electron chi connectivity index (χ2n) is 5.03. The second kappa shape index (κ2) is 5.21. The lowest BCUT2D eigenvalue weighted by Gasteiger charge is -2.16. The van der Waals surface area contributed by atoms with Crippen LogP contribution in [0.3, 0.4) is 0 Å². The number of anilines is 1. The minimum absolute atomic E-state index is 0.176. The Morgan fingerprint density at radius 1 is 1.26 bits per heavy atom. The second-order valence-corrected chi connectivity index (χ2v) is 5.43. The molecule has 1 unspecified atom stereocenters. The van der Waals surface area contributed by atoms with Gasteiger partial charge in [0.15, 0.2) is 5.82 Å². The van der Waals surface area contributed by atoms with Gasteiger partial charge < -0.3 is 5.73 Å². The first-order valence-corrected chi connectivity index (χ1v) is 6.59. The summed E-state index contributed by atoms with van der Waals surface area (Å²) in [4.78, 5) is 0. The van der Waals surface area contributed by atoms with Crippen LogP contribution in [0.5, 0.6) is 0 Å². The molecule has 1 atom stereocenters. The van der Waals surface area contributed by atoms with Gasteiger partial charge in [-0.15, -0.1) is 0 Å². The van der Waals surface area contributed by atoms with Gasteiger partial charge in [0.1, 0.15) is 5.82 Å². The molecule has 0 amide bonds. The minimum Gasteiger partial charge on any atom is -0.382 e. The van der Waals surface area contributed by atoms with Crippen LogP contribution in [-0.4, -0.2) is 10.2 Å². The molecule has 2 aromatic rings. The van der Waals surface area contributed by atoms with Crippen molar-refractivity contribution < 1.29 is 4.39 Å². The van der Waals surface area contributed by atoms with E-state index in [9.17, 15) is 4.39 Å². The van der Waals surface area contributed by atoms with Gasteiger partial charge in [-0.3, -0.25) is 5.10 Å². The van der Waals surface area contributed by atoms with Gasteiger partial charge in [-0.05, 0) is 18.1 Å². The van der Waals surface area contributed by atoms with Crippen molar-refractivity contribution in [1.29, 1.82) is 0 Å². The summed E-state index contributed by atoms with van der Waals surface area (Å²) in [6.07, 6.45) is 0. The summed E-state index contributed by atoms with van der Waals surface area (Å²) in [5.74, 6) is 0.437. The van der Waals surface area contributed by atoms with Crippen LogP contribution in [0.15, 0.2) is 18.2 Å². The lowest BCUT2D eigenvalue weighted by atomic mass is 9.90. The number of hydrogen-bond donors (Lipinski definition) is 2. The van der Waals surface area contributed by atoms with E-state index in [0.29, 0.717) is 22.1 Å². The fourth-order valence-electron chi connectivity index (χ4n) is 2.03. The third-order valence-electron chi connectivity index (χ3n) is 3.49. The van der Waals surface area contributed by atoms with Crippen molar-refractivity contribution in [3.05, 3.63) is 34.7 Å². The van der Waals surface area contributed by atoms with E-state index in [2.05, 4.69) is 31.0 Å². The van der Waals surface area contributed by atoms with Crippen LogP contribution in [0.25, 0.3) is 11.1 Å². The van der Waals surface area contributed by atoms with Crippen LogP contribution in [0.4, 0.5) is 10.2 Å². The topological polar surface area (TPSA) is 54.7 Å². The predicted octanol–water partition coefficient (Wildman–Crippen LogP) is 4.21. The molecule has 102 valence electrons. The summed E-state index contributed by atoms with van der Waals surface area (Å²) in [6, 6.07) is 4.59. The molecule has 0 radical (unpaired) electrons. The first-order chi connectivity index (χ1) is 8.93. The number of H-pyrrole nitrogens is 1. The zero-order valence-electron chi connectivity index (χ0n) is 11.2. The van der Waals surface area contributed by atoms with Crippen LogP contribution in [-0.2, 0) is 0 Å². The van der Waals surface area contributed by atoms with Crippen LogP contribution in [0, 0.1) is 11.7 Å². The fraction of sp³-hybridized carbons (Fsp3) is 0.357. The molecule has 0 aliphatic carbocycles. The number of nitrogens with one attached hydrogen (secondary N) is 1. The summed E-state index contributed by atoms with van der Waals surface area (Å²) in [6.45, 7) is 6.23. The SMILES string of the molecule is CC(C)C(C)c1[nH]nc(N)c1-c1c(F)cccc1Cl. The number of aromatic amines is 1. The lowest BCUT2D eigenvalue weighted by Crippen LogP contribution is -2.05. The number of rotatable bonds is 3. The summed E-state index contributed by atoms with van der Waals surface area (Å²) >= 11 is 6.11. The lowest BCUT2D eigenvalue weighted by molar-refractivity contribution is 0.523. The molecule has 19 heavy (non-hydrogen) atoms. The third-order valence-corrected chi connectivity index (χ3v) is 3.81. The Labute approximate surface area is 117 Å². The smallest absolute Gasteiger partial charge is 0.153 e. The molecule has 0 aliphatic rings. The molecule has 5 heteroatoms. The molecule has 0 fully saturated rings. The average molecular weight is 282 g/mol. The molecule has 3 N–H and O–H groups in total. The first-order valence-electron chi connectivity index (χ1n) is 6.21. The predicted molar refractivity (Wildman–Crippen MR) is 76.7 cm³/mol. The van der Waals surface area contributed by atoms with E-state index in [1.165, 1.54) is 6.07 Å². The maximum absolute atomic E-state index is 14.1. The zero-order valence-corrected chi connectivity index (χ0v) is 11.9. The summed E-state index contributed by atoms with van der Waals surface area (Å²) in [5.41, 5.74) is 7.59. The number of aromatic nitrogens is 2. The van der Waals surface area contributed by atoms with Crippen molar-refractivity contribution in [2.75, 3.05) is 5.73 Å². The Morgan fingerprint density at radius 2 is 1.95 bits per heavy atom. The number of halogens is 2. The van der Waals surface area contributed by atoms with E-state index in [0.717, 1.165) is 5.69 Å². The number of benzene rings is 1. The molecule has 2 rings (SSSR count). The fourth-order valence-corrected chi connectivity index (χ4v) is 2.29. The Balaban J connectivity index is 2.66. The van der Waals surface area contributed by atoms with Crippen LogP contribution in [0.1, 0.15) is 32.4 Å². The molecular formula is C14H17ClFN3. The summed E-state index contributed by atoms with van der Waals surface area (Å²) in [7, 11) is 0. The molecule has 0 bridgehead atoms. The van der Waals surface area contributed by atoms with Gasteiger partial charge in [0.05, 0.1) is 10.6 Å². The van der Waals surface area contributed by atoms with Crippen molar-refractivity contribution in [2.45, 2.75) is 26.7 Å². The normalized spacial score (nSPS) is 12.9. The van der Waals surface area contributed by atoms with Gasteiger partial charge in [0.25, 0.3) is 0 Å². The van der Waals surface area contributed by atoms with E-state index in [1.54, 1.807) is 12.1 Å². The quantitative estimate of drug-likeness (QED) is 0.885. The maximum atomic E-state index is 14.1. The van der Waals surface area contributed by atoms with Gasteiger partial charge >= 0.3 is 0 Å². The molecule has 1 aromatic carbocycles. The van der Waals surface area contributed by atoms with Crippen molar-refractivity contribution in [3.63, 3.8) is 0 Å². The molecule has 1 aromatic heterocycles. The van der Waals surface area contributed by atoms with E-state index >= 15 is 0 Å².